The van der Waals surface area contributed by atoms with E-state index in [9.17, 15) is 25.4 Å². The standard InChI is InChI=1S/C23H18N4O3/c1-3-17-12-22(13-24,14-25)21-23(17,27(29)30)19-15(2)8-7-11-18(19)26(21)20(28)16-9-5-4-6-10-16/h3-11,17,21H,1,12H2,2H3/t17-,21-,23+/m0/s1. The van der Waals surface area contributed by atoms with E-state index < -0.39 is 33.7 Å². The lowest BCUT2D eigenvalue weighted by Crippen LogP contribution is -2.56. The largest absolute Gasteiger partial charge is 0.294 e. The third-order valence-electron chi connectivity index (χ3n) is 6.39. The lowest BCUT2D eigenvalue weighted by molar-refractivity contribution is -0.585. The molecule has 1 amide bonds. The topological polar surface area (TPSA) is 111 Å². The molecule has 0 saturated heterocycles. The Morgan fingerprint density at radius 1 is 1.23 bits per heavy atom. The molecule has 3 atom stereocenters. The molecule has 0 aromatic heterocycles. The van der Waals surface area contributed by atoms with E-state index in [1.807, 2.05) is 12.1 Å². The highest BCUT2D eigenvalue weighted by molar-refractivity contribution is 6.08. The maximum absolute atomic E-state index is 13.6. The molecule has 2 aliphatic rings. The lowest BCUT2D eigenvalue weighted by atomic mass is 9.76. The number of anilines is 1. The number of nitro groups is 1. The van der Waals surface area contributed by atoms with Crippen LogP contribution in [0.1, 0.15) is 27.9 Å². The van der Waals surface area contributed by atoms with Crippen LogP contribution in [0.3, 0.4) is 0 Å². The van der Waals surface area contributed by atoms with Crippen LogP contribution in [0.15, 0.2) is 61.2 Å². The highest BCUT2D eigenvalue weighted by atomic mass is 16.6. The number of nitrogens with zero attached hydrogens (tertiary/aromatic N) is 4. The zero-order chi connectivity index (χ0) is 21.7. The van der Waals surface area contributed by atoms with E-state index in [0.717, 1.165) is 0 Å². The Hall–Kier alpha value is -3.97. The zero-order valence-corrected chi connectivity index (χ0v) is 16.3. The smallest absolute Gasteiger partial charge is 0.278 e. The number of nitriles is 2. The Morgan fingerprint density at radius 2 is 1.90 bits per heavy atom. The van der Waals surface area contributed by atoms with Gasteiger partial charge in [-0.15, -0.1) is 6.58 Å². The molecule has 0 unspecified atom stereocenters. The number of amides is 1. The van der Waals surface area contributed by atoms with Gasteiger partial charge in [0.15, 0.2) is 5.41 Å². The van der Waals surface area contributed by atoms with Crippen molar-refractivity contribution < 1.29 is 9.72 Å². The number of benzene rings is 2. The van der Waals surface area contributed by atoms with Crippen LogP contribution in [0.4, 0.5) is 5.69 Å². The second-order valence-corrected chi connectivity index (χ2v) is 7.74. The van der Waals surface area contributed by atoms with Gasteiger partial charge in [0.25, 0.3) is 11.4 Å². The van der Waals surface area contributed by atoms with E-state index in [4.69, 9.17) is 0 Å². The first-order valence-electron chi connectivity index (χ1n) is 9.47. The first-order valence-corrected chi connectivity index (χ1v) is 9.47. The molecule has 1 fully saturated rings. The van der Waals surface area contributed by atoms with Crippen LogP contribution in [0.5, 0.6) is 0 Å². The van der Waals surface area contributed by atoms with Gasteiger partial charge in [-0.3, -0.25) is 19.8 Å². The molecule has 1 aliphatic heterocycles. The monoisotopic (exact) mass is 398 g/mol. The molecular formula is C23H18N4O3. The van der Waals surface area contributed by atoms with Crippen molar-refractivity contribution in [2.45, 2.75) is 24.9 Å². The molecule has 1 saturated carbocycles. The third-order valence-corrected chi connectivity index (χ3v) is 6.39. The van der Waals surface area contributed by atoms with Crippen molar-refractivity contribution in [2.24, 2.45) is 11.3 Å². The van der Waals surface area contributed by atoms with Crippen LogP contribution in [0.2, 0.25) is 0 Å². The first-order chi connectivity index (χ1) is 14.4. The Balaban J connectivity index is 2.11. The van der Waals surface area contributed by atoms with Gasteiger partial charge in [-0.25, -0.2) is 0 Å². The highest BCUT2D eigenvalue weighted by Gasteiger charge is 2.78. The fourth-order valence-corrected chi connectivity index (χ4v) is 5.22. The van der Waals surface area contributed by atoms with Gasteiger partial charge in [0.05, 0.1) is 29.3 Å². The van der Waals surface area contributed by atoms with E-state index in [2.05, 4.69) is 6.58 Å². The molecular weight excluding hydrogens is 380 g/mol. The average Bonchev–Trinajstić information content (AvgIpc) is 3.24. The average molecular weight is 398 g/mol. The van der Waals surface area contributed by atoms with Gasteiger partial charge in [0.2, 0.25) is 0 Å². The van der Waals surface area contributed by atoms with Crippen LogP contribution in [-0.2, 0) is 5.54 Å². The molecule has 1 heterocycles. The van der Waals surface area contributed by atoms with Gasteiger partial charge in [-0.1, -0.05) is 36.4 Å². The number of fused-ring (bicyclic) bond motifs is 3. The fraction of sp³-hybridized carbons (Fsp3) is 0.261. The molecule has 1 aliphatic carbocycles. The number of rotatable bonds is 3. The Kier molecular flexibility index (Phi) is 4.22. The predicted molar refractivity (Wildman–Crippen MR) is 109 cm³/mol. The molecule has 2 aromatic carbocycles. The van der Waals surface area contributed by atoms with Crippen LogP contribution in [-0.4, -0.2) is 16.9 Å². The van der Waals surface area contributed by atoms with Crippen LogP contribution in [0.25, 0.3) is 0 Å². The van der Waals surface area contributed by atoms with Gasteiger partial charge in [-0.2, -0.15) is 10.5 Å². The van der Waals surface area contributed by atoms with E-state index in [0.29, 0.717) is 22.4 Å². The van der Waals surface area contributed by atoms with Crippen molar-refractivity contribution >= 4 is 11.6 Å². The molecule has 7 nitrogen and oxygen atoms in total. The minimum absolute atomic E-state index is 0.0680. The van der Waals surface area contributed by atoms with Gasteiger partial charge in [0, 0.05) is 10.5 Å². The molecule has 2 aromatic rings. The van der Waals surface area contributed by atoms with Crippen molar-refractivity contribution in [3.63, 3.8) is 0 Å². The Bertz CT molecular complexity index is 1150. The molecule has 148 valence electrons. The maximum atomic E-state index is 13.6. The molecule has 7 heteroatoms. The molecule has 0 radical (unpaired) electrons. The van der Waals surface area contributed by atoms with E-state index in [1.165, 1.54) is 11.0 Å². The number of hydrogen-bond donors (Lipinski definition) is 0. The quantitative estimate of drug-likeness (QED) is 0.444. The van der Waals surface area contributed by atoms with Gasteiger partial charge in [-0.05, 0) is 37.1 Å². The summed E-state index contributed by atoms with van der Waals surface area (Å²) >= 11 is 0. The molecule has 4 rings (SSSR count). The van der Waals surface area contributed by atoms with Crippen LogP contribution >= 0.6 is 0 Å². The normalized spacial score (nSPS) is 25.5. The Labute approximate surface area is 173 Å². The van der Waals surface area contributed by atoms with E-state index >= 15 is 0 Å². The van der Waals surface area contributed by atoms with Crippen LogP contribution in [0, 0.1) is 51.0 Å². The summed E-state index contributed by atoms with van der Waals surface area (Å²) in [5.74, 6) is -1.26. The summed E-state index contributed by atoms with van der Waals surface area (Å²) in [5.41, 5.74) is -1.86. The lowest BCUT2D eigenvalue weighted by Gasteiger charge is -2.32. The number of carbonyl (C=O) groups is 1. The van der Waals surface area contributed by atoms with Crippen molar-refractivity contribution in [3.05, 3.63) is 88.0 Å². The van der Waals surface area contributed by atoms with Crippen molar-refractivity contribution in [1.82, 2.24) is 0 Å². The van der Waals surface area contributed by atoms with Gasteiger partial charge in [0.1, 0.15) is 6.04 Å². The molecule has 0 N–H and O–H groups in total. The maximum Gasteiger partial charge on any atom is 0.278 e. The van der Waals surface area contributed by atoms with Gasteiger partial charge >= 0.3 is 0 Å². The predicted octanol–water partition coefficient (Wildman–Crippen LogP) is 3.74. The number of hydrogen-bond acceptors (Lipinski definition) is 5. The number of aryl methyl sites for hydroxylation is 1. The summed E-state index contributed by atoms with van der Waals surface area (Å²) in [7, 11) is 0. The Morgan fingerprint density at radius 3 is 2.47 bits per heavy atom. The second kappa shape index (κ2) is 6.53. The third kappa shape index (κ3) is 2.15. The van der Waals surface area contributed by atoms with Crippen LogP contribution < -0.4 is 4.90 Å². The summed E-state index contributed by atoms with van der Waals surface area (Å²) in [4.78, 5) is 27.2. The van der Waals surface area contributed by atoms with Crippen molar-refractivity contribution in [1.29, 1.82) is 10.5 Å². The van der Waals surface area contributed by atoms with Crippen molar-refractivity contribution in [3.8, 4) is 12.1 Å². The first kappa shape index (κ1) is 19.4. The summed E-state index contributed by atoms with van der Waals surface area (Å²) in [6, 6.07) is 16.3. The second-order valence-electron chi connectivity index (χ2n) is 7.74. The zero-order valence-electron chi connectivity index (χ0n) is 16.3. The minimum atomic E-state index is -1.82. The summed E-state index contributed by atoms with van der Waals surface area (Å²) in [6.07, 6.45) is 1.38. The summed E-state index contributed by atoms with van der Waals surface area (Å²) in [6.45, 7) is 5.52. The van der Waals surface area contributed by atoms with Crippen molar-refractivity contribution in [2.75, 3.05) is 4.90 Å². The molecule has 0 spiro atoms. The van der Waals surface area contributed by atoms with Gasteiger partial charge < -0.3 is 0 Å². The van der Waals surface area contributed by atoms with E-state index in [1.54, 1.807) is 55.5 Å². The van der Waals surface area contributed by atoms with E-state index in [-0.39, 0.29) is 6.42 Å². The highest BCUT2D eigenvalue weighted by Crippen LogP contribution is 2.64. The molecule has 0 bridgehead atoms. The molecule has 30 heavy (non-hydrogen) atoms. The summed E-state index contributed by atoms with van der Waals surface area (Å²) < 4.78 is 0. The SMILES string of the molecule is C=C[C@H]1CC(C#N)(C#N)[C@@H]2N(C(=O)c3ccccc3)c3cccc(C)c3[C@]12[N+](=O)[O-]. The minimum Gasteiger partial charge on any atom is -0.294 e. The number of carbonyl (C=O) groups excluding carboxylic acids is 1. The fourth-order valence-electron chi connectivity index (χ4n) is 5.22. The summed E-state index contributed by atoms with van der Waals surface area (Å²) in [5, 5.41) is 32.8.